The van der Waals surface area contributed by atoms with Crippen molar-refractivity contribution in [1.29, 1.82) is 0 Å². The molecule has 31 heavy (non-hydrogen) atoms. The second-order valence-corrected chi connectivity index (χ2v) is 9.92. The number of aryl methyl sites for hydroxylation is 1. The molecule has 2 heterocycles. The molecular formula is C22H30N4O4S. The number of nitrogens with two attached hydrogens (primary N) is 1. The number of carbonyl (C=O) groups is 2. The Bertz CT molecular complexity index is 949. The topological polar surface area (TPSA) is 129 Å². The molecule has 0 saturated carbocycles. The first-order valence-electron chi connectivity index (χ1n) is 10.2. The van der Waals surface area contributed by atoms with Gasteiger partial charge in [-0.25, -0.2) is 4.98 Å². The van der Waals surface area contributed by atoms with Crippen LogP contribution in [-0.2, 0) is 16.1 Å². The largest absolute Gasteiger partial charge is 0.391 e. The Labute approximate surface area is 186 Å². The predicted molar refractivity (Wildman–Crippen MR) is 119 cm³/mol. The molecule has 1 aliphatic heterocycles. The van der Waals surface area contributed by atoms with Crippen LogP contribution >= 0.6 is 11.3 Å². The van der Waals surface area contributed by atoms with E-state index in [-0.39, 0.29) is 19.5 Å². The molecule has 1 fully saturated rings. The monoisotopic (exact) mass is 446 g/mol. The van der Waals surface area contributed by atoms with Crippen LogP contribution in [0, 0.1) is 12.3 Å². The SMILES string of the molecule is Cc1ncsc1-c1ccc(CNC(=O)[C@@H]2C[C@@H](O)CN2C(=O)C(N)(O)C(C)(C)C)cc1. The summed E-state index contributed by atoms with van der Waals surface area (Å²) in [7, 11) is 0. The quantitative estimate of drug-likeness (QED) is 0.514. The van der Waals surface area contributed by atoms with Gasteiger partial charge < -0.3 is 20.4 Å². The predicted octanol–water partition coefficient (Wildman–Crippen LogP) is 1.39. The maximum absolute atomic E-state index is 12.9. The van der Waals surface area contributed by atoms with Crippen LogP contribution in [0.3, 0.4) is 0 Å². The average Bonchev–Trinajstić information content (AvgIpc) is 3.30. The molecule has 0 spiro atoms. The number of β-amino-alcohol motifs (C(OH)–C–C–N with tert-alkyl or cyclic N) is 1. The van der Waals surface area contributed by atoms with Crippen LogP contribution in [0.25, 0.3) is 10.4 Å². The molecule has 8 nitrogen and oxygen atoms in total. The Morgan fingerprint density at radius 1 is 1.29 bits per heavy atom. The molecule has 0 radical (unpaired) electrons. The molecule has 0 aliphatic carbocycles. The van der Waals surface area contributed by atoms with Gasteiger partial charge in [-0.15, -0.1) is 11.3 Å². The first-order valence-corrected chi connectivity index (χ1v) is 11.1. The van der Waals surface area contributed by atoms with Gasteiger partial charge in [-0.2, -0.15) is 0 Å². The van der Waals surface area contributed by atoms with Gasteiger partial charge >= 0.3 is 0 Å². The molecule has 2 aromatic rings. The highest BCUT2D eigenvalue weighted by Crippen LogP contribution is 2.31. The van der Waals surface area contributed by atoms with Crippen molar-refractivity contribution < 1.29 is 19.8 Å². The third-order valence-electron chi connectivity index (χ3n) is 5.74. The molecule has 9 heteroatoms. The standard InChI is InChI=1S/C22H30N4O4S/c1-13-18(31-12-25-13)15-7-5-14(6-8-15)10-24-19(28)17-9-16(27)11-26(17)20(29)22(23,30)21(2,3)4/h5-8,12,16-17,27,30H,9-11,23H2,1-4H3,(H,24,28)/t16-,17+,22?/m1/s1. The number of aliphatic hydroxyl groups excluding tert-OH is 1. The number of thiazole rings is 1. The fraction of sp³-hybridized carbons (Fsp3) is 0.500. The number of benzene rings is 1. The number of rotatable bonds is 5. The lowest BCUT2D eigenvalue weighted by Gasteiger charge is -2.39. The number of nitrogens with zero attached hydrogens (tertiary/aromatic N) is 2. The van der Waals surface area contributed by atoms with Gasteiger partial charge in [0.05, 0.1) is 22.2 Å². The van der Waals surface area contributed by atoms with Crippen LogP contribution in [0.15, 0.2) is 29.8 Å². The van der Waals surface area contributed by atoms with Gasteiger partial charge in [0.1, 0.15) is 6.04 Å². The number of nitrogens with one attached hydrogen (secondary N) is 1. The number of hydrogen-bond donors (Lipinski definition) is 4. The van der Waals surface area contributed by atoms with Crippen LogP contribution in [0.5, 0.6) is 0 Å². The summed E-state index contributed by atoms with van der Waals surface area (Å²) in [5.74, 6) is -1.15. The minimum atomic E-state index is -2.15. The zero-order valence-corrected chi connectivity index (χ0v) is 19.1. The Kier molecular flexibility index (Phi) is 6.52. The van der Waals surface area contributed by atoms with Crippen LogP contribution < -0.4 is 11.1 Å². The van der Waals surface area contributed by atoms with E-state index >= 15 is 0 Å². The van der Waals surface area contributed by atoms with E-state index in [9.17, 15) is 19.8 Å². The van der Waals surface area contributed by atoms with Gasteiger partial charge in [0.25, 0.3) is 5.91 Å². The third-order valence-corrected chi connectivity index (χ3v) is 6.72. The number of hydrogen-bond acceptors (Lipinski definition) is 7. The van der Waals surface area contributed by atoms with Gasteiger partial charge in [-0.05, 0) is 18.1 Å². The summed E-state index contributed by atoms with van der Waals surface area (Å²) in [4.78, 5) is 32.2. The number of aliphatic hydroxyl groups is 2. The highest BCUT2D eigenvalue weighted by Gasteiger charge is 2.50. The fourth-order valence-corrected chi connectivity index (χ4v) is 4.30. The molecule has 1 aromatic heterocycles. The number of aromatic nitrogens is 1. The van der Waals surface area contributed by atoms with Gasteiger partial charge in [-0.3, -0.25) is 15.3 Å². The van der Waals surface area contributed by atoms with E-state index in [4.69, 9.17) is 5.73 Å². The van der Waals surface area contributed by atoms with Crippen LogP contribution in [0.1, 0.15) is 38.4 Å². The van der Waals surface area contributed by atoms with Crippen molar-refractivity contribution in [2.45, 2.75) is 58.5 Å². The molecule has 1 aromatic carbocycles. The van der Waals surface area contributed by atoms with E-state index < -0.39 is 35.1 Å². The second-order valence-electron chi connectivity index (χ2n) is 9.06. The number of likely N-dealkylation sites (tertiary alicyclic amines) is 1. The zero-order valence-electron chi connectivity index (χ0n) is 18.3. The summed E-state index contributed by atoms with van der Waals surface area (Å²) in [5, 5.41) is 23.5. The number of amides is 2. The Morgan fingerprint density at radius 3 is 2.48 bits per heavy atom. The Morgan fingerprint density at radius 2 is 1.94 bits per heavy atom. The van der Waals surface area contributed by atoms with Crippen LogP contribution in [0.2, 0.25) is 0 Å². The first kappa shape index (κ1) is 23.3. The summed E-state index contributed by atoms with van der Waals surface area (Å²) >= 11 is 1.58. The fourth-order valence-electron chi connectivity index (χ4n) is 3.49. The highest BCUT2D eigenvalue weighted by atomic mass is 32.1. The summed E-state index contributed by atoms with van der Waals surface area (Å²) in [6.45, 7) is 7.12. The summed E-state index contributed by atoms with van der Waals surface area (Å²) in [6.07, 6.45) is -0.751. The van der Waals surface area contributed by atoms with Gasteiger partial charge in [0, 0.05) is 24.9 Å². The molecule has 3 rings (SSSR count). The summed E-state index contributed by atoms with van der Waals surface area (Å²) < 4.78 is 0. The normalized spacial score (nSPS) is 21.1. The van der Waals surface area contributed by atoms with E-state index in [0.717, 1.165) is 21.7 Å². The molecule has 168 valence electrons. The first-order chi connectivity index (χ1) is 14.4. The minimum Gasteiger partial charge on any atom is -0.391 e. The van der Waals surface area contributed by atoms with Crippen molar-refractivity contribution in [3.05, 3.63) is 41.0 Å². The van der Waals surface area contributed by atoms with E-state index in [1.54, 1.807) is 32.1 Å². The maximum Gasteiger partial charge on any atom is 0.270 e. The Hall–Kier alpha value is -2.33. The molecule has 2 amide bonds. The van der Waals surface area contributed by atoms with Crippen molar-refractivity contribution in [2.24, 2.45) is 11.1 Å². The van der Waals surface area contributed by atoms with Crippen molar-refractivity contribution in [3.8, 4) is 10.4 Å². The molecule has 1 saturated heterocycles. The van der Waals surface area contributed by atoms with Crippen LogP contribution in [-0.4, -0.2) is 56.3 Å². The third kappa shape index (κ3) is 4.79. The van der Waals surface area contributed by atoms with Gasteiger partial charge in [0.2, 0.25) is 5.91 Å². The minimum absolute atomic E-state index is 0.0462. The maximum atomic E-state index is 12.9. The lowest BCUT2D eigenvalue weighted by atomic mass is 9.82. The summed E-state index contributed by atoms with van der Waals surface area (Å²) in [6, 6.07) is 6.93. The highest BCUT2D eigenvalue weighted by molar-refractivity contribution is 7.13. The molecule has 1 aliphatic rings. The zero-order chi connectivity index (χ0) is 23.0. The Balaban J connectivity index is 1.66. The van der Waals surface area contributed by atoms with E-state index in [2.05, 4.69) is 10.3 Å². The number of carbonyl (C=O) groups excluding carboxylic acids is 2. The lowest BCUT2D eigenvalue weighted by Crippen LogP contribution is -2.64. The smallest absolute Gasteiger partial charge is 0.270 e. The molecule has 3 atom stereocenters. The van der Waals surface area contributed by atoms with Gasteiger partial charge in [-0.1, -0.05) is 45.0 Å². The summed E-state index contributed by atoms with van der Waals surface area (Å²) in [5.41, 5.74) is 7.57. The molecular weight excluding hydrogens is 416 g/mol. The lowest BCUT2D eigenvalue weighted by molar-refractivity contribution is -0.165. The van der Waals surface area contributed by atoms with E-state index in [0.29, 0.717) is 0 Å². The van der Waals surface area contributed by atoms with Crippen molar-refractivity contribution in [2.75, 3.05) is 6.54 Å². The van der Waals surface area contributed by atoms with Crippen molar-refractivity contribution >= 4 is 23.2 Å². The molecule has 1 unspecified atom stereocenters. The van der Waals surface area contributed by atoms with E-state index in [1.165, 1.54) is 4.90 Å². The van der Waals surface area contributed by atoms with Crippen molar-refractivity contribution in [3.63, 3.8) is 0 Å². The average molecular weight is 447 g/mol. The van der Waals surface area contributed by atoms with Gasteiger partial charge in [0.15, 0.2) is 5.72 Å². The second kappa shape index (κ2) is 8.66. The molecule has 0 bridgehead atoms. The molecule has 5 N–H and O–H groups in total. The van der Waals surface area contributed by atoms with Crippen molar-refractivity contribution in [1.82, 2.24) is 15.2 Å². The van der Waals surface area contributed by atoms with E-state index in [1.807, 2.05) is 36.7 Å². The van der Waals surface area contributed by atoms with Crippen LogP contribution in [0.4, 0.5) is 0 Å².